The molecule has 0 unspecified atom stereocenters. The molecule has 0 saturated carbocycles. The van der Waals surface area contributed by atoms with Crippen LogP contribution in [0.2, 0.25) is 0 Å². The van der Waals surface area contributed by atoms with Crippen LogP contribution in [0.1, 0.15) is 47.0 Å². The zero-order chi connectivity index (χ0) is 7.70. The Morgan fingerprint density at radius 3 is 1.78 bits per heavy atom. The summed E-state index contributed by atoms with van der Waals surface area (Å²) in [7, 11) is 0. The Hall–Kier alpha value is -0.330. The van der Waals surface area contributed by atoms with Crippen LogP contribution in [0, 0.1) is 0 Å². The Labute approximate surface area is 58.5 Å². The van der Waals surface area contributed by atoms with Crippen LogP contribution >= 0.6 is 0 Å². The molecule has 56 valence electrons. The van der Waals surface area contributed by atoms with Crippen LogP contribution in [0.5, 0.6) is 0 Å². The highest BCUT2D eigenvalue weighted by Gasteiger charge is 1.91. The molecule has 0 N–H and O–H groups in total. The van der Waals surface area contributed by atoms with E-state index < -0.39 is 0 Å². The van der Waals surface area contributed by atoms with E-state index in [2.05, 4.69) is 0 Å². The molecule has 0 amide bonds. The first-order chi connectivity index (χ1) is 4.31. The number of hydrogen-bond acceptors (Lipinski definition) is 1. The first kappa shape index (κ1) is 11.5. The van der Waals surface area contributed by atoms with Crippen molar-refractivity contribution in [3.8, 4) is 0 Å². The molecule has 0 radical (unpaired) electrons. The number of ketones is 1. The number of Topliss-reactive ketones (excluding diaryl/α,β-unsaturated/α-hetero) is 1. The Balaban J connectivity index is 0. The summed E-state index contributed by atoms with van der Waals surface area (Å²) in [5.74, 6) is 0.377. The summed E-state index contributed by atoms with van der Waals surface area (Å²) in [5, 5.41) is 0. The number of rotatable bonds is 3. The van der Waals surface area contributed by atoms with Crippen molar-refractivity contribution >= 4 is 5.78 Å². The van der Waals surface area contributed by atoms with Crippen molar-refractivity contribution < 1.29 is 4.79 Å². The fourth-order valence-electron chi connectivity index (χ4n) is 0.456. The molecule has 0 aromatic rings. The van der Waals surface area contributed by atoms with Crippen LogP contribution in [0.3, 0.4) is 0 Å². The topological polar surface area (TPSA) is 17.1 Å². The molecular weight excluding hydrogens is 112 g/mol. The molecule has 0 fully saturated rings. The molecule has 0 aliphatic carbocycles. The van der Waals surface area contributed by atoms with E-state index in [0.717, 1.165) is 12.8 Å². The van der Waals surface area contributed by atoms with Crippen LogP contribution in [0.4, 0.5) is 0 Å². The lowest BCUT2D eigenvalue weighted by atomic mass is 10.2. The van der Waals surface area contributed by atoms with Crippen LogP contribution < -0.4 is 0 Å². The Kier molecular flexibility index (Phi) is 13.5. The van der Waals surface area contributed by atoms with Crippen molar-refractivity contribution in [2.45, 2.75) is 47.0 Å². The quantitative estimate of drug-likeness (QED) is 0.574. The van der Waals surface area contributed by atoms with Gasteiger partial charge in [-0.05, 0) is 6.42 Å². The van der Waals surface area contributed by atoms with Crippen molar-refractivity contribution in [1.29, 1.82) is 0 Å². The normalized spacial score (nSPS) is 7.56. The molecule has 0 rings (SSSR count). The zero-order valence-electron chi connectivity index (χ0n) is 7.03. The highest BCUT2D eigenvalue weighted by Crippen LogP contribution is 1.90. The largest absolute Gasteiger partial charge is 0.300 e. The molecular formula is C8H18O. The molecule has 0 atom stereocenters. The lowest BCUT2D eigenvalue weighted by molar-refractivity contribution is -0.118. The average molecular weight is 130 g/mol. The third kappa shape index (κ3) is 11.3. The Morgan fingerprint density at radius 1 is 1.22 bits per heavy atom. The standard InChI is InChI=1S/C6H12O.C2H6/c1-3-5-6(7)4-2;1-2/h3-5H2,1-2H3;1-2H3. The van der Waals surface area contributed by atoms with Gasteiger partial charge in [0.1, 0.15) is 5.78 Å². The highest BCUT2D eigenvalue weighted by atomic mass is 16.1. The van der Waals surface area contributed by atoms with Gasteiger partial charge < -0.3 is 0 Å². The van der Waals surface area contributed by atoms with Gasteiger partial charge in [-0.1, -0.05) is 27.7 Å². The second kappa shape index (κ2) is 10.6. The first-order valence-electron chi connectivity index (χ1n) is 3.83. The van der Waals surface area contributed by atoms with Crippen molar-refractivity contribution in [1.82, 2.24) is 0 Å². The van der Waals surface area contributed by atoms with E-state index in [4.69, 9.17) is 0 Å². The third-order valence-electron chi connectivity index (χ3n) is 0.923. The fraction of sp³-hybridized carbons (Fsp3) is 0.875. The molecule has 0 aliphatic heterocycles. The van der Waals surface area contributed by atoms with Crippen LogP contribution in [0.25, 0.3) is 0 Å². The highest BCUT2D eigenvalue weighted by molar-refractivity contribution is 5.77. The predicted molar refractivity (Wildman–Crippen MR) is 41.6 cm³/mol. The van der Waals surface area contributed by atoms with Crippen molar-refractivity contribution in [2.24, 2.45) is 0 Å². The molecule has 0 saturated heterocycles. The summed E-state index contributed by atoms with van der Waals surface area (Å²) >= 11 is 0. The summed E-state index contributed by atoms with van der Waals surface area (Å²) in [5.41, 5.74) is 0. The van der Waals surface area contributed by atoms with E-state index >= 15 is 0 Å². The Morgan fingerprint density at radius 2 is 1.67 bits per heavy atom. The van der Waals surface area contributed by atoms with Gasteiger partial charge in [-0.3, -0.25) is 4.79 Å². The first-order valence-corrected chi connectivity index (χ1v) is 3.83. The molecule has 0 bridgehead atoms. The smallest absolute Gasteiger partial charge is 0.132 e. The maximum absolute atomic E-state index is 10.4. The lowest BCUT2D eigenvalue weighted by Gasteiger charge is -1.87. The zero-order valence-corrected chi connectivity index (χ0v) is 7.03. The van der Waals surface area contributed by atoms with Crippen molar-refractivity contribution in [2.75, 3.05) is 0 Å². The van der Waals surface area contributed by atoms with Gasteiger partial charge >= 0.3 is 0 Å². The lowest BCUT2D eigenvalue weighted by Crippen LogP contribution is -1.91. The predicted octanol–water partition coefficient (Wildman–Crippen LogP) is 2.79. The van der Waals surface area contributed by atoms with Gasteiger partial charge in [0.15, 0.2) is 0 Å². The molecule has 0 aromatic heterocycles. The van der Waals surface area contributed by atoms with E-state index in [9.17, 15) is 4.79 Å². The van der Waals surface area contributed by atoms with E-state index in [1.165, 1.54) is 0 Å². The van der Waals surface area contributed by atoms with E-state index in [0.29, 0.717) is 12.2 Å². The minimum Gasteiger partial charge on any atom is -0.300 e. The van der Waals surface area contributed by atoms with Gasteiger partial charge in [-0.15, -0.1) is 0 Å². The Bertz CT molecular complexity index is 57.6. The van der Waals surface area contributed by atoms with E-state index in [-0.39, 0.29) is 0 Å². The minimum absolute atomic E-state index is 0.377. The maximum atomic E-state index is 10.4. The summed E-state index contributed by atoms with van der Waals surface area (Å²) in [6.07, 6.45) is 2.46. The van der Waals surface area contributed by atoms with Gasteiger partial charge in [-0.2, -0.15) is 0 Å². The molecule has 0 spiro atoms. The number of carbonyl (C=O) groups is 1. The van der Waals surface area contributed by atoms with E-state index in [1.807, 2.05) is 27.7 Å². The van der Waals surface area contributed by atoms with Gasteiger partial charge in [-0.25, -0.2) is 0 Å². The molecule has 1 heteroatoms. The molecule has 0 heterocycles. The minimum atomic E-state index is 0.377. The maximum Gasteiger partial charge on any atom is 0.132 e. The summed E-state index contributed by atoms with van der Waals surface area (Å²) in [6.45, 7) is 7.92. The van der Waals surface area contributed by atoms with Gasteiger partial charge in [0.25, 0.3) is 0 Å². The average Bonchev–Trinajstić information content (AvgIpc) is 1.93. The van der Waals surface area contributed by atoms with Crippen LogP contribution in [-0.4, -0.2) is 5.78 Å². The van der Waals surface area contributed by atoms with Crippen LogP contribution in [-0.2, 0) is 4.79 Å². The molecule has 0 aliphatic rings. The van der Waals surface area contributed by atoms with Gasteiger partial charge in [0.05, 0.1) is 0 Å². The van der Waals surface area contributed by atoms with Crippen LogP contribution in [0.15, 0.2) is 0 Å². The summed E-state index contributed by atoms with van der Waals surface area (Å²) < 4.78 is 0. The van der Waals surface area contributed by atoms with E-state index in [1.54, 1.807) is 0 Å². The third-order valence-corrected chi connectivity index (χ3v) is 0.923. The van der Waals surface area contributed by atoms with Gasteiger partial charge in [0.2, 0.25) is 0 Å². The number of hydrogen-bond donors (Lipinski definition) is 0. The van der Waals surface area contributed by atoms with Crippen molar-refractivity contribution in [3.05, 3.63) is 0 Å². The monoisotopic (exact) mass is 130 g/mol. The second-order valence-corrected chi connectivity index (χ2v) is 1.64. The second-order valence-electron chi connectivity index (χ2n) is 1.64. The summed E-state index contributed by atoms with van der Waals surface area (Å²) in [4.78, 5) is 10.4. The molecule has 1 nitrogen and oxygen atoms in total. The van der Waals surface area contributed by atoms with Crippen molar-refractivity contribution in [3.63, 3.8) is 0 Å². The van der Waals surface area contributed by atoms with Gasteiger partial charge in [0, 0.05) is 12.8 Å². The summed E-state index contributed by atoms with van der Waals surface area (Å²) in [6, 6.07) is 0. The number of carbonyl (C=O) groups excluding carboxylic acids is 1. The fourth-order valence-corrected chi connectivity index (χ4v) is 0.456. The molecule has 9 heavy (non-hydrogen) atoms. The SMILES string of the molecule is CC.CCCC(=O)CC. The molecule has 0 aromatic carbocycles.